The molecule has 0 aliphatic heterocycles. The van der Waals surface area contributed by atoms with Gasteiger partial charge >= 0.3 is 0 Å². The summed E-state index contributed by atoms with van der Waals surface area (Å²) in [5, 5.41) is 3.55. The van der Waals surface area contributed by atoms with E-state index >= 15 is 0 Å². The zero-order chi connectivity index (χ0) is 13.8. The molecule has 0 saturated carbocycles. The van der Waals surface area contributed by atoms with Crippen LogP contribution in [-0.4, -0.2) is 14.1 Å². The van der Waals surface area contributed by atoms with E-state index in [0.29, 0.717) is 6.04 Å². The molecule has 1 unspecified atom stereocenters. The monoisotopic (exact) mass is 366 g/mol. The fourth-order valence-electron chi connectivity index (χ4n) is 1.96. The van der Waals surface area contributed by atoms with Crippen LogP contribution in [0.25, 0.3) is 0 Å². The van der Waals surface area contributed by atoms with Crippen LogP contribution in [0.15, 0.2) is 48.5 Å². The van der Waals surface area contributed by atoms with E-state index in [1.54, 1.807) is 0 Å². The highest BCUT2D eigenvalue weighted by atomic mass is 127. The third-order valence-corrected chi connectivity index (χ3v) is 4.10. The van der Waals surface area contributed by atoms with Gasteiger partial charge in [-0.15, -0.1) is 0 Å². The Kier molecular flexibility index (Phi) is 4.69. The van der Waals surface area contributed by atoms with Gasteiger partial charge in [0.05, 0.1) is 0 Å². The molecular formula is C16H19IN2. The Morgan fingerprint density at radius 1 is 1.00 bits per heavy atom. The summed E-state index contributed by atoms with van der Waals surface area (Å²) >= 11 is 2.36. The van der Waals surface area contributed by atoms with Gasteiger partial charge in [-0.25, -0.2) is 0 Å². The number of halogens is 1. The van der Waals surface area contributed by atoms with Crippen molar-refractivity contribution in [2.45, 2.75) is 13.0 Å². The van der Waals surface area contributed by atoms with Crippen LogP contribution in [0.2, 0.25) is 0 Å². The van der Waals surface area contributed by atoms with Gasteiger partial charge < -0.3 is 10.2 Å². The molecule has 0 radical (unpaired) electrons. The molecule has 0 heterocycles. The summed E-state index contributed by atoms with van der Waals surface area (Å²) in [7, 11) is 4.12. The van der Waals surface area contributed by atoms with Crippen LogP contribution in [0, 0.1) is 3.57 Å². The quantitative estimate of drug-likeness (QED) is 0.800. The summed E-state index contributed by atoms with van der Waals surface area (Å²) in [6, 6.07) is 17.3. The molecule has 0 saturated heterocycles. The van der Waals surface area contributed by atoms with Crippen molar-refractivity contribution in [3.63, 3.8) is 0 Å². The summed E-state index contributed by atoms with van der Waals surface area (Å²) in [4.78, 5) is 2.11. The van der Waals surface area contributed by atoms with E-state index < -0.39 is 0 Å². The van der Waals surface area contributed by atoms with Crippen molar-refractivity contribution in [2.24, 2.45) is 0 Å². The molecule has 2 aromatic carbocycles. The molecule has 0 aliphatic carbocycles. The van der Waals surface area contributed by atoms with Crippen molar-refractivity contribution in [2.75, 3.05) is 24.3 Å². The topological polar surface area (TPSA) is 15.3 Å². The Hall–Kier alpha value is -1.23. The SMILES string of the molecule is CC(Nc1ccccc1I)c1ccc(N(C)C)cc1. The molecule has 100 valence electrons. The summed E-state index contributed by atoms with van der Waals surface area (Å²) in [5.74, 6) is 0. The lowest BCUT2D eigenvalue weighted by molar-refractivity contribution is 0.883. The number of hydrogen-bond donors (Lipinski definition) is 1. The van der Waals surface area contributed by atoms with E-state index in [-0.39, 0.29) is 0 Å². The Balaban J connectivity index is 2.12. The fourth-order valence-corrected chi connectivity index (χ4v) is 2.50. The molecule has 0 amide bonds. The first-order chi connectivity index (χ1) is 9.08. The van der Waals surface area contributed by atoms with Crippen molar-refractivity contribution in [3.05, 3.63) is 57.7 Å². The van der Waals surface area contributed by atoms with Crippen LogP contribution >= 0.6 is 22.6 Å². The standard InChI is InChI=1S/C16H19IN2/c1-12(18-16-7-5-4-6-15(16)17)13-8-10-14(11-9-13)19(2)3/h4-12,18H,1-3H3. The highest BCUT2D eigenvalue weighted by Crippen LogP contribution is 2.24. The number of anilines is 2. The highest BCUT2D eigenvalue weighted by Gasteiger charge is 2.07. The van der Waals surface area contributed by atoms with Crippen LogP contribution < -0.4 is 10.2 Å². The van der Waals surface area contributed by atoms with Crippen molar-refractivity contribution < 1.29 is 0 Å². The molecule has 19 heavy (non-hydrogen) atoms. The molecule has 0 spiro atoms. The molecule has 0 bridgehead atoms. The van der Waals surface area contributed by atoms with Gasteiger partial charge in [-0.2, -0.15) is 0 Å². The van der Waals surface area contributed by atoms with Gasteiger partial charge in [-0.1, -0.05) is 24.3 Å². The average Bonchev–Trinajstić information content (AvgIpc) is 2.41. The Morgan fingerprint density at radius 3 is 2.21 bits per heavy atom. The molecular weight excluding hydrogens is 347 g/mol. The van der Waals surface area contributed by atoms with E-state index in [0.717, 1.165) is 0 Å². The van der Waals surface area contributed by atoms with E-state index in [2.05, 4.69) is 102 Å². The number of hydrogen-bond acceptors (Lipinski definition) is 2. The number of benzene rings is 2. The van der Waals surface area contributed by atoms with Crippen molar-refractivity contribution in [3.8, 4) is 0 Å². The van der Waals surface area contributed by atoms with Crippen molar-refractivity contribution in [1.82, 2.24) is 0 Å². The first-order valence-corrected chi connectivity index (χ1v) is 7.44. The van der Waals surface area contributed by atoms with E-state index in [1.807, 2.05) is 0 Å². The zero-order valence-corrected chi connectivity index (χ0v) is 13.7. The minimum Gasteiger partial charge on any atom is -0.378 e. The molecule has 2 rings (SSSR count). The van der Waals surface area contributed by atoms with Gasteiger partial charge in [-0.05, 0) is 59.3 Å². The van der Waals surface area contributed by atoms with Crippen LogP contribution in [0.1, 0.15) is 18.5 Å². The second kappa shape index (κ2) is 6.28. The highest BCUT2D eigenvalue weighted by molar-refractivity contribution is 14.1. The van der Waals surface area contributed by atoms with Crippen LogP contribution in [-0.2, 0) is 0 Å². The number of nitrogens with one attached hydrogen (secondary N) is 1. The van der Waals surface area contributed by atoms with Gasteiger partial charge in [-0.3, -0.25) is 0 Å². The number of para-hydroxylation sites is 1. The maximum Gasteiger partial charge on any atom is 0.0486 e. The van der Waals surface area contributed by atoms with Crippen LogP contribution in [0.5, 0.6) is 0 Å². The average molecular weight is 366 g/mol. The third kappa shape index (κ3) is 3.62. The first kappa shape index (κ1) is 14.2. The predicted molar refractivity (Wildman–Crippen MR) is 92.0 cm³/mol. The lowest BCUT2D eigenvalue weighted by atomic mass is 10.1. The largest absolute Gasteiger partial charge is 0.378 e. The Morgan fingerprint density at radius 2 is 1.63 bits per heavy atom. The zero-order valence-electron chi connectivity index (χ0n) is 11.5. The second-order valence-electron chi connectivity index (χ2n) is 4.83. The predicted octanol–water partition coefficient (Wildman–Crippen LogP) is 4.53. The normalized spacial score (nSPS) is 12.0. The third-order valence-electron chi connectivity index (χ3n) is 3.16. The molecule has 2 nitrogen and oxygen atoms in total. The minimum absolute atomic E-state index is 0.298. The molecule has 3 heteroatoms. The molecule has 0 aromatic heterocycles. The Bertz CT molecular complexity index is 535. The lowest BCUT2D eigenvalue weighted by Crippen LogP contribution is -2.10. The first-order valence-electron chi connectivity index (χ1n) is 6.36. The molecule has 2 aromatic rings. The maximum absolute atomic E-state index is 3.55. The van der Waals surface area contributed by atoms with Crippen molar-refractivity contribution >= 4 is 34.0 Å². The molecule has 1 N–H and O–H groups in total. The minimum atomic E-state index is 0.298. The second-order valence-corrected chi connectivity index (χ2v) is 5.99. The van der Waals surface area contributed by atoms with Gasteiger partial charge in [0.1, 0.15) is 0 Å². The smallest absolute Gasteiger partial charge is 0.0486 e. The number of nitrogens with zero attached hydrogens (tertiary/aromatic N) is 1. The van der Waals surface area contributed by atoms with E-state index in [4.69, 9.17) is 0 Å². The Labute approximate surface area is 129 Å². The van der Waals surface area contributed by atoms with Crippen molar-refractivity contribution in [1.29, 1.82) is 0 Å². The maximum atomic E-state index is 3.55. The van der Waals surface area contributed by atoms with Crippen LogP contribution in [0.3, 0.4) is 0 Å². The summed E-state index contributed by atoms with van der Waals surface area (Å²) in [6.45, 7) is 2.19. The van der Waals surface area contributed by atoms with Gasteiger partial charge in [0.25, 0.3) is 0 Å². The summed E-state index contributed by atoms with van der Waals surface area (Å²) in [5.41, 5.74) is 3.71. The number of rotatable bonds is 4. The molecule has 0 aliphatic rings. The van der Waals surface area contributed by atoms with Gasteiger partial charge in [0.15, 0.2) is 0 Å². The van der Waals surface area contributed by atoms with Gasteiger partial charge in [0.2, 0.25) is 0 Å². The molecule has 1 atom stereocenters. The van der Waals surface area contributed by atoms with E-state index in [1.165, 1.54) is 20.5 Å². The lowest BCUT2D eigenvalue weighted by Gasteiger charge is -2.18. The van der Waals surface area contributed by atoms with Gasteiger partial charge in [0, 0.05) is 35.1 Å². The molecule has 0 fully saturated rings. The summed E-state index contributed by atoms with van der Waals surface area (Å²) < 4.78 is 1.25. The summed E-state index contributed by atoms with van der Waals surface area (Å²) in [6.07, 6.45) is 0. The van der Waals surface area contributed by atoms with Crippen LogP contribution in [0.4, 0.5) is 11.4 Å². The fraction of sp³-hybridized carbons (Fsp3) is 0.250. The van der Waals surface area contributed by atoms with E-state index in [9.17, 15) is 0 Å².